The number of benzene rings is 1. The van der Waals surface area contributed by atoms with Gasteiger partial charge in [0, 0.05) is 30.1 Å². The van der Waals surface area contributed by atoms with Crippen molar-refractivity contribution in [1.82, 2.24) is 15.4 Å². The fourth-order valence-corrected chi connectivity index (χ4v) is 3.99. The first-order valence-corrected chi connectivity index (χ1v) is 9.84. The quantitative estimate of drug-likeness (QED) is 0.881. The Labute approximate surface area is 164 Å². The predicted molar refractivity (Wildman–Crippen MR) is 102 cm³/mol. The van der Waals surface area contributed by atoms with Gasteiger partial charge >= 0.3 is 0 Å². The van der Waals surface area contributed by atoms with Gasteiger partial charge in [0.05, 0.1) is 6.54 Å². The summed E-state index contributed by atoms with van der Waals surface area (Å²) in [6, 6.07) is 9.59. The van der Waals surface area contributed by atoms with Crippen LogP contribution in [0.4, 0.5) is 0 Å². The normalized spacial score (nSPS) is 22.0. The number of hydrogen-bond acceptors (Lipinski definition) is 5. The summed E-state index contributed by atoms with van der Waals surface area (Å²) < 4.78 is 10.7. The van der Waals surface area contributed by atoms with E-state index in [1.54, 1.807) is 13.0 Å². The molecule has 148 valence electrons. The lowest BCUT2D eigenvalue weighted by atomic mass is 9.85. The van der Waals surface area contributed by atoms with Gasteiger partial charge in [-0.3, -0.25) is 9.59 Å². The van der Waals surface area contributed by atoms with Crippen molar-refractivity contribution < 1.29 is 18.8 Å². The molecule has 4 rings (SSSR count). The van der Waals surface area contributed by atoms with Gasteiger partial charge in [0.25, 0.3) is 5.91 Å². The van der Waals surface area contributed by atoms with E-state index in [0.29, 0.717) is 31.2 Å². The molecule has 0 bridgehead atoms. The Bertz CT molecular complexity index is 855. The summed E-state index contributed by atoms with van der Waals surface area (Å²) in [5.41, 5.74) is 1.36. The Morgan fingerprint density at radius 1 is 1.18 bits per heavy atom. The number of aromatic nitrogens is 1. The summed E-state index contributed by atoms with van der Waals surface area (Å²) in [6.45, 7) is 3.48. The van der Waals surface area contributed by atoms with Gasteiger partial charge in [-0.25, -0.2) is 0 Å². The number of hydrogen-bond donors (Lipinski definition) is 1. The van der Waals surface area contributed by atoms with Gasteiger partial charge < -0.3 is 19.5 Å². The van der Waals surface area contributed by atoms with Crippen molar-refractivity contribution in [3.63, 3.8) is 0 Å². The monoisotopic (exact) mass is 383 g/mol. The number of nitrogens with one attached hydrogen (secondary N) is 1. The molecule has 2 aromatic rings. The average molecular weight is 383 g/mol. The minimum absolute atomic E-state index is 0.00714. The van der Waals surface area contributed by atoms with E-state index in [-0.39, 0.29) is 23.8 Å². The SMILES string of the molecule is Cc1cc(C(=O)NC2CCC(C(=O)N3CCOc4ccccc4C3)CC2)no1. The zero-order valence-corrected chi connectivity index (χ0v) is 16.0. The van der Waals surface area contributed by atoms with Crippen LogP contribution in [0, 0.1) is 12.8 Å². The maximum Gasteiger partial charge on any atom is 0.273 e. The maximum atomic E-state index is 13.0. The minimum Gasteiger partial charge on any atom is -0.491 e. The second-order valence-corrected chi connectivity index (χ2v) is 7.56. The second kappa shape index (κ2) is 8.04. The summed E-state index contributed by atoms with van der Waals surface area (Å²) in [5, 5.41) is 6.76. The molecule has 2 heterocycles. The molecule has 0 atom stereocenters. The Kier molecular flexibility index (Phi) is 5.32. The van der Waals surface area contributed by atoms with Crippen LogP contribution in [-0.2, 0) is 11.3 Å². The van der Waals surface area contributed by atoms with Gasteiger partial charge in [-0.2, -0.15) is 0 Å². The number of amides is 2. The highest BCUT2D eigenvalue weighted by molar-refractivity contribution is 5.92. The smallest absolute Gasteiger partial charge is 0.273 e. The van der Waals surface area contributed by atoms with Crippen molar-refractivity contribution >= 4 is 11.8 Å². The van der Waals surface area contributed by atoms with E-state index in [1.807, 2.05) is 29.2 Å². The van der Waals surface area contributed by atoms with Crippen molar-refractivity contribution in [3.05, 3.63) is 47.3 Å². The van der Waals surface area contributed by atoms with Crippen molar-refractivity contribution in [2.24, 2.45) is 5.92 Å². The number of aryl methyl sites for hydroxylation is 1. The summed E-state index contributed by atoms with van der Waals surface area (Å²) in [4.78, 5) is 27.2. The Balaban J connectivity index is 1.31. The van der Waals surface area contributed by atoms with Gasteiger partial charge in [-0.05, 0) is 38.7 Å². The molecule has 1 aliphatic heterocycles. The molecular weight excluding hydrogens is 358 g/mol. The third kappa shape index (κ3) is 4.03. The van der Waals surface area contributed by atoms with E-state index in [9.17, 15) is 9.59 Å². The number of para-hydroxylation sites is 1. The van der Waals surface area contributed by atoms with E-state index in [1.165, 1.54) is 0 Å². The Morgan fingerprint density at radius 2 is 1.96 bits per heavy atom. The molecule has 2 aliphatic rings. The van der Waals surface area contributed by atoms with Crippen molar-refractivity contribution in [2.75, 3.05) is 13.2 Å². The molecule has 1 aromatic carbocycles. The molecule has 7 heteroatoms. The topological polar surface area (TPSA) is 84.7 Å². The highest BCUT2D eigenvalue weighted by Gasteiger charge is 2.31. The lowest BCUT2D eigenvalue weighted by Crippen LogP contribution is -2.42. The summed E-state index contributed by atoms with van der Waals surface area (Å²) in [6.07, 6.45) is 3.14. The number of ether oxygens (including phenoxy) is 1. The average Bonchev–Trinajstić information content (AvgIpc) is 3.03. The van der Waals surface area contributed by atoms with Gasteiger partial charge in [-0.1, -0.05) is 23.4 Å². The molecule has 7 nitrogen and oxygen atoms in total. The second-order valence-electron chi connectivity index (χ2n) is 7.56. The first kappa shape index (κ1) is 18.5. The van der Waals surface area contributed by atoms with Crippen LogP contribution in [-0.4, -0.2) is 41.1 Å². The molecule has 28 heavy (non-hydrogen) atoms. The third-order valence-corrected chi connectivity index (χ3v) is 5.54. The van der Waals surface area contributed by atoms with Crippen LogP contribution in [0.5, 0.6) is 5.75 Å². The first-order valence-electron chi connectivity index (χ1n) is 9.84. The number of rotatable bonds is 3. The van der Waals surface area contributed by atoms with Crippen LogP contribution < -0.4 is 10.1 Å². The molecule has 1 aliphatic carbocycles. The Morgan fingerprint density at radius 3 is 2.71 bits per heavy atom. The lowest BCUT2D eigenvalue weighted by Gasteiger charge is -2.31. The van der Waals surface area contributed by atoms with Crippen molar-refractivity contribution in [1.29, 1.82) is 0 Å². The standard InChI is InChI=1S/C21H25N3O4/c1-14-12-18(23-28-14)20(25)22-17-8-6-15(7-9-17)21(26)24-10-11-27-19-5-3-2-4-16(19)13-24/h2-5,12,15,17H,6-11,13H2,1H3,(H,22,25). The minimum atomic E-state index is -0.215. The van der Waals surface area contributed by atoms with Crippen LogP contribution >= 0.6 is 0 Å². The molecule has 1 fully saturated rings. The highest BCUT2D eigenvalue weighted by atomic mass is 16.5. The molecule has 0 spiro atoms. The van der Waals surface area contributed by atoms with Crippen LogP contribution in [0.1, 0.15) is 47.5 Å². The van der Waals surface area contributed by atoms with Crippen LogP contribution in [0.2, 0.25) is 0 Å². The van der Waals surface area contributed by atoms with Gasteiger partial charge in [0.2, 0.25) is 5.91 Å². The number of fused-ring (bicyclic) bond motifs is 1. The third-order valence-electron chi connectivity index (χ3n) is 5.54. The van der Waals surface area contributed by atoms with E-state index >= 15 is 0 Å². The van der Waals surface area contributed by atoms with Crippen LogP contribution in [0.25, 0.3) is 0 Å². The van der Waals surface area contributed by atoms with E-state index in [2.05, 4.69) is 10.5 Å². The fourth-order valence-electron chi connectivity index (χ4n) is 3.99. The zero-order chi connectivity index (χ0) is 19.5. The van der Waals surface area contributed by atoms with Gasteiger partial charge in [0.1, 0.15) is 18.1 Å². The van der Waals surface area contributed by atoms with E-state index in [4.69, 9.17) is 9.26 Å². The van der Waals surface area contributed by atoms with Gasteiger partial charge in [0.15, 0.2) is 5.69 Å². The molecular formula is C21H25N3O4. The fraction of sp³-hybridized carbons (Fsp3) is 0.476. The number of carbonyl (C=O) groups excluding carboxylic acids is 2. The molecule has 0 unspecified atom stereocenters. The van der Waals surface area contributed by atoms with E-state index in [0.717, 1.165) is 37.0 Å². The van der Waals surface area contributed by atoms with Crippen LogP contribution in [0.15, 0.2) is 34.9 Å². The molecule has 1 saturated carbocycles. The Hall–Kier alpha value is -2.83. The lowest BCUT2D eigenvalue weighted by molar-refractivity contribution is -0.137. The number of carbonyl (C=O) groups is 2. The highest BCUT2D eigenvalue weighted by Crippen LogP contribution is 2.29. The molecule has 2 amide bonds. The molecule has 0 saturated heterocycles. The molecule has 1 N–H and O–H groups in total. The largest absolute Gasteiger partial charge is 0.491 e. The van der Waals surface area contributed by atoms with Gasteiger partial charge in [-0.15, -0.1) is 0 Å². The summed E-state index contributed by atoms with van der Waals surface area (Å²) >= 11 is 0. The maximum absolute atomic E-state index is 13.0. The number of nitrogens with zero attached hydrogens (tertiary/aromatic N) is 2. The molecule has 1 aromatic heterocycles. The van der Waals surface area contributed by atoms with Crippen molar-refractivity contribution in [3.8, 4) is 5.75 Å². The predicted octanol–water partition coefficient (Wildman–Crippen LogP) is 2.69. The first-order chi connectivity index (χ1) is 13.6. The zero-order valence-electron chi connectivity index (χ0n) is 16.0. The van der Waals surface area contributed by atoms with E-state index < -0.39 is 0 Å². The summed E-state index contributed by atoms with van der Waals surface area (Å²) in [7, 11) is 0. The molecule has 0 radical (unpaired) electrons. The van der Waals surface area contributed by atoms with Crippen LogP contribution in [0.3, 0.4) is 0 Å². The summed E-state index contributed by atoms with van der Waals surface area (Å²) in [5.74, 6) is 1.47. The van der Waals surface area contributed by atoms with Crippen molar-refractivity contribution in [2.45, 2.75) is 45.2 Å².